The van der Waals surface area contributed by atoms with E-state index in [1.165, 1.54) is 0 Å². The maximum absolute atomic E-state index is 14.0. The molecule has 0 saturated carbocycles. The molecule has 0 heterocycles. The van der Waals surface area contributed by atoms with Gasteiger partial charge >= 0.3 is 0 Å². The molecule has 0 saturated heterocycles. The number of aliphatic hydroxyl groups is 1. The highest BCUT2D eigenvalue weighted by Gasteiger charge is 2.49. The molecule has 0 bridgehead atoms. The van der Waals surface area contributed by atoms with E-state index in [4.69, 9.17) is 10.5 Å². The Labute approximate surface area is 261 Å². The molecule has 8 heteroatoms. The number of aryl methyl sites for hydroxylation is 2. The highest BCUT2D eigenvalue weighted by Crippen LogP contribution is 2.31. The van der Waals surface area contributed by atoms with Gasteiger partial charge in [-0.1, -0.05) is 99.6 Å². The van der Waals surface area contributed by atoms with Gasteiger partial charge in [-0.25, -0.2) is 0 Å². The fraction of sp³-hybridized carbons (Fsp3) is 0.417. The molecule has 0 fully saturated rings. The van der Waals surface area contributed by atoms with Gasteiger partial charge in [0.1, 0.15) is 6.04 Å². The lowest BCUT2D eigenvalue weighted by Crippen LogP contribution is -2.64. The average Bonchev–Trinajstić information content (AvgIpc) is 2.98. The van der Waals surface area contributed by atoms with Gasteiger partial charge < -0.3 is 26.2 Å². The number of rotatable bonds is 14. The number of carbonyl (C=O) groups is 3. The van der Waals surface area contributed by atoms with E-state index in [1.807, 2.05) is 113 Å². The quantitative estimate of drug-likeness (QED) is 0.206. The van der Waals surface area contributed by atoms with Gasteiger partial charge in [-0.3, -0.25) is 14.4 Å². The third kappa shape index (κ3) is 8.55. The minimum atomic E-state index is -2.31. The van der Waals surface area contributed by atoms with Crippen LogP contribution in [0.5, 0.6) is 0 Å². The largest absolute Gasteiger partial charge is 0.377 e. The van der Waals surface area contributed by atoms with Gasteiger partial charge in [-0.05, 0) is 73.3 Å². The topological polar surface area (TPSA) is 131 Å². The van der Waals surface area contributed by atoms with Crippen molar-refractivity contribution in [2.75, 3.05) is 6.61 Å². The Morgan fingerprint density at radius 2 is 1.52 bits per heavy atom. The van der Waals surface area contributed by atoms with Crippen molar-refractivity contribution in [2.45, 2.75) is 84.6 Å². The molecule has 0 spiro atoms. The van der Waals surface area contributed by atoms with Gasteiger partial charge in [0.2, 0.25) is 11.8 Å². The van der Waals surface area contributed by atoms with Crippen molar-refractivity contribution in [2.24, 2.45) is 11.1 Å². The van der Waals surface area contributed by atoms with Crippen molar-refractivity contribution in [3.63, 3.8) is 0 Å². The van der Waals surface area contributed by atoms with Crippen molar-refractivity contribution >= 4 is 17.7 Å². The lowest BCUT2D eigenvalue weighted by atomic mass is 9.83. The number of hydrogen-bond acceptors (Lipinski definition) is 5. The molecule has 8 nitrogen and oxygen atoms in total. The minimum Gasteiger partial charge on any atom is -0.377 e. The number of nitrogens with one attached hydrogen (secondary N) is 2. The SMILES string of the molecule is CCO[C@H](C(N)=O)[C@](O)(CCCc1cccc(C)c1-c1ccccc1)C(=O)N[C@H](C(=O)N[C@H](C)c1ccccc1)C(C)(C)C. The first-order chi connectivity index (χ1) is 20.8. The van der Waals surface area contributed by atoms with E-state index in [-0.39, 0.29) is 19.1 Å². The maximum Gasteiger partial charge on any atom is 0.255 e. The van der Waals surface area contributed by atoms with Gasteiger partial charge in [0, 0.05) is 6.61 Å². The van der Waals surface area contributed by atoms with Gasteiger partial charge in [0.15, 0.2) is 11.7 Å². The molecule has 5 N–H and O–H groups in total. The molecular formula is C36H47N3O5. The zero-order chi connectivity index (χ0) is 32.5. The van der Waals surface area contributed by atoms with Crippen LogP contribution in [0, 0.1) is 12.3 Å². The van der Waals surface area contributed by atoms with Gasteiger partial charge in [0.05, 0.1) is 6.04 Å². The predicted molar refractivity (Wildman–Crippen MR) is 173 cm³/mol. The molecule has 4 atom stereocenters. The second-order valence-corrected chi connectivity index (χ2v) is 12.4. The van der Waals surface area contributed by atoms with Crippen LogP contribution in [0.25, 0.3) is 11.1 Å². The Kier molecular flexibility index (Phi) is 11.9. The van der Waals surface area contributed by atoms with E-state index < -0.39 is 40.9 Å². The molecular weight excluding hydrogens is 554 g/mol. The minimum absolute atomic E-state index is 0.0526. The Morgan fingerprint density at radius 1 is 0.909 bits per heavy atom. The first-order valence-corrected chi connectivity index (χ1v) is 15.2. The highest BCUT2D eigenvalue weighted by molar-refractivity contribution is 5.96. The Bertz CT molecular complexity index is 1400. The van der Waals surface area contributed by atoms with Crippen molar-refractivity contribution in [3.8, 4) is 11.1 Å². The number of primary amides is 1. The van der Waals surface area contributed by atoms with E-state index in [1.54, 1.807) is 6.92 Å². The second kappa shape index (κ2) is 15.1. The van der Waals surface area contributed by atoms with Crippen LogP contribution in [0.1, 0.15) is 70.2 Å². The standard InChI is InChI=1S/C36H47N3O5/c1-7-44-31(32(37)40)36(43,23-15-22-28-21-14-16-24(2)29(28)27-19-12-9-13-20-27)34(42)39-30(35(4,5)6)33(41)38-25(3)26-17-10-8-11-18-26/h8-14,16-21,25,30-31,43H,7,15,22-23H2,1-6H3,(H2,37,40)(H,38,41)(H,39,42)/t25-,30-,31-,36-/m1/s1. The first-order valence-electron chi connectivity index (χ1n) is 15.2. The highest BCUT2D eigenvalue weighted by atomic mass is 16.5. The van der Waals surface area contributed by atoms with Gasteiger partial charge in [-0.15, -0.1) is 0 Å². The zero-order valence-corrected chi connectivity index (χ0v) is 26.7. The van der Waals surface area contributed by atoms with Crippen molar-refractivity contribution in [1.82, 2.24) is 10.6 Å². The molecule has 236 valence electrons. The molecule has 3 amide bonds. The summed E-state index contributed by atoms with van der Waals surface area (Å²) in [5, 5.41) is 17.7. The van der Waals surface area contributed by atoms with Crippen molar-refractivity contribution in [1.29, 1.82) is 0 Å². The van der Waals surface area contributed by atoms with Crippen LogP contribution in [-0.4, -0.2) is 47.2 Å². The Hall–Kier alpha value is -4.01. The molecule has 44 heavy (non-hydrogen) atoms. The summed E-state index contributed by atoms with van der Waals surface area (Å²) in [6, 6.07) is 24.2. The Morgan fingerprint density at radius 3 is 2.09 bits per heavy atom. The van der Waals surface area contributed by atoms with Crippen LogP contribution in [0.3, 0.4) is 0 Å². The van der Waals surface area contributed by atoms with E-state index in [0.717, 1.165) is 27.8 Å². The number of nitrogens with two attached hydrogens (primary N) is 1. The summed E-state index contributed by atoms with van der Waals surface area (Å²) in [6.45, 7) is 11.1. The van der Waals surface area contributed by atoms with E-state index in [0.29, 0.717) is 12.8 Å². The lowest BCUT2D eigenvalue weighted by molar-refractivity contribution is -0.170. The molecule has 3 aromatic carbocycles. The van der Waals surface area contributed by atoms with Gasteiger partial charge in [0.25, 0.3) is 5.91 Å². The summed E-state index contributed by atoms with van der Waals surface area (Å²) in [5.74, 6) is -2.26. The van der Waals surface area contributed by atoms with Crippen LogP contribution in [-0.2, 0) is 25.5 Å². The van der Waals surface area contributed by atoms with Crippen LogP contribution in [0.2, 0.25) is 0 Å². The lowest BCUT2D eigenvalue weighted by Gasteiger charge is -2.37. The van der Waals surface area contributed by atoms with Gasteiger partial charge in [-0.2, -0.15) is 0 Å². The molecule has 0 aromatic heterocycles. The summed E-state index contributed by atoms with van der Waals surface area (Å²) in [6.07, 6.45) is -0.850. The first kappa shape index (κ1) is 34.5. The van der Waals surface area contributed by atoms with E-state index in [9.17, 15) is 19.5 Å². The average molecular weight is 602 g/mol. The van der Waals surface area contributed by atoms with Crippen molar-refractivity contribution in [3.05, 3.63) is 95.6 Å². The molecule has 0 aliphatic heterocycles. The fourth-order valence-electron chi connectivity index (χ4n) is 5.54. The zero-order valence-electron chi connectivity index (χ0n) is 26.7. The van der Waals surface area contributed by atoms with E-state index in [2.05, 4.69) is 10.6 Å². The molecule has 0 aliphatic rings. The summed E-state index contributed by atoms with van der Waals surface area (Å²) in [5.41, 5.74) is 7.86. The van der Waals surface area contributed by atoms with Crippen LogP contribution < -0.4 is 16.4 Å². The fourth-order valence-corrected chi connectivity index (χ4v) is 5.54. The normalized spacial score (nSPS) is 15.0. The molecule has 3 aromatic rings. The number of ether oxygens (including phenoxy) is 1. The number of amides is 3. The Balaban J connectivity index is 1.87. The summed E-state index contributed by atoms with van der Waals surface area (Å²) < 4.78 is 5.57. The summed E-state index contributed by atoms with van der Waals surface area (Å²) in [4.78, 5) is 40.1. The smallest absolute Gasteiger partial charge is 0.255 e. The molecule has 0 radical (unpaired) electrons. The number of hydrogen-bond donors (Lipinski definition) is 4. The van der Waals surface area contributed by atoms with E-state index >= 15 is 0 Å². The molecule has 3 rings (SSSR count). The van der Waals surface area contributed by atoms with Crippen molar-refractivity contribution < 1.29 is 24.2 Å². The van der Waals surface area contributed by atoms with Crippen LogP contribution >= 0.6 is 0 Å². The molecule has 0 aliphatic carbocycles. The molecule has 0 unspecified atom stereocenters. The third-order valence-electron chi connectivity index (χ3n) is 7.91. The maximum atomic E-state index is 14.0. The monoisotopic (exact) mass is 601 g/mol. The van der Waals surface area contributed by atoms with Crippen LogP contribution in [0.15, 0.2) is 78.9 Å². The summed E-state index contributed by atoms with van der Waals surface area (Å²) in [7, 11) is 0. The number of benzene rings is 3. The summed E-state index contributed by atoms with van der Waals surface area (Å²) >= 11 is 0. The number of carbonyl (C=O) groups excluding carboxylic acids is 3. The third-order valence-corrected chi connectivity index (χ3v) is 7.91. The van der Waals surface area contributed by atoms with Crippen LogP contribution in [0.4, 0.5) is 0 Å². The predicted octanol–water partition coefficient (Wildman–Crippen LogP) is 5.01. The second-order valence-electron chi connectivity index (χ2n) is 12.4.